The quantitative estimate of drug-likeness (QED) is 0.930. The first kappa shape index (κ1) is 14.0. The zero-order valence-corrected chi connectivity index (χ0v) is 11.1. The predicted molar refractivity (Wildman–Crippen MR) is 66.4 cm³/mol. The molecule has 17 heavy (non-hydrogen) atoms. The Morgan fingerprint density at radius 2 is 2.18 bits per heavy atom. The lowest BCUT2D eigenvalue weighted by Crippen LogP contribution is -2.14. The summed E-state index contributed by atoms with van der Waals surface area (Å²) in [6, 6.07) is 4.66. The van der Waals surface area contributed by atoms with E-state index in [2.05, 4.69) is 0 Å². The second-order valence-corrected chi connectivity index (χ2v) is 4.17. The fourth-order valence-corrected chi connectivity index (χ4v) is 2.12. The molecule has 1 aliphatic rings. The number of ether oxygens (including phenoxy) is 1. The first-order chi connectivity index (χ1) is 7.59. The van der Waals surface area contributed by atoms with Crippen molar-refractivity contribution in [3.8, 4) is 5.75 Å². The average molecular weight is 305 g/mol. The molecule has 0 radical (unpaired) electrons. The smallest absolute Gasteiger partial charge is 0.304 e. The molecule has 0 aliphatic heterocycles. The number of hydrogen-bond acceptors (Lipinski definition) is 2. The largest absolute Gasteiger partial charge is 0.493 e. The summed E-state index contributed by atoms with van der Waals surface area (Å²) < 4.78 is 18.5. The fourth-order valence-electron chi connectivity index (χ4n) is 2.12. The van der Waals surface area contributed by atoms with Gasteiger partial charge >= 0.3 is 5.97 Å². The lowest BCUT2D eigenvalue weighted by molar-refractivity contribution is -0.137. The molecule has 1 aromatic carbocycles. The molecule has 1 fully saturated rings. The van der Waals surface area contributed by atoms with E-state index < -0.39 is 17.2 Å². The van der Waals surface area contributed by atoms with E-state index in [1.54, 1.807) is 12.1 Å². The van der Waals surface area contributed by atoms with Crippen molar-refractivity contribution in [1.82, 2.24) is 0 Å². The number of carbonyl (C=O) groups is 1. The Kier molecular flexibility index (Phi) is 4.14. The number of benzene rings is 1. The SMILES string of the molecule is Br.COc1c(F)cccc1C1(CC(=O)O)CC1. The maximum absolute atomic E-state index is 13.5. The fraction of sp³-hybridized carbons (Fsp3) is 0.417. The molecule has 1 N–H and O–H groups in total. The zero-order valence-electron chi connectivity index (χ0n) is 9.40. The van der Waals surface area contributed by atoms with E-state index in [4.69, 9.17) is 9.84 Å². The van der Waals surface area contributed by atoms with E-state index in [1.807, 2.05) is 0 Å². The van der Waals surface area contributed by atoms with Crippen molar-refractivity contribution in [3.05, 3.63) is 29.6 Å². The van der Waals surface area contributed by atoms with Gasteiger partial charge < -0.3 is 9.84 Å². The summed E-state index contributed by atoms with van der Waals surface area (Å²) in [4.78, 5) is 10.8. The van der Waals surface area contributed by atoms with Crippen molar-refractivity contribution >= 4 is 23.0 Å². The topological polar surface area (TPSA) is 46.5 Å². The van der Waals surface area contributed by atoms with Gasteiger partial charge in [0.1, 0.15) is 0 Å². The second-order valence-electron chi connectivity index (χ2n) is 4.17. The number of hydrogen-bond donors (Lipinski definition) is 1. The van der Waals surface area contributed by atoms with Gasteiger partial charge in [-0.3, -0.25) is 4.79 Å². The molecule has 0 bridgehead atoms. The highest BCUT2D eigenvalue weighted by Gasteiger charge is 2.48. The van der Waals surface area contributed by atoms with E-state index >= 15 is 0 Å². The Bertz CT molecular complexity index is 430. The van der Waals surface area contributed by atoms with Crippen molar-refractivity contribution < 1.29 is 19.0 Å². The van der Waals surface area contributed by atoms with Crippen LogP contribution in [0.25, 0.3) is 0 Å². The summed E-state index contributed by atoms with van der Waals surface area (Å²) in [5.74, 6) is -1.11. The van der Waals surface area contributed by atoms with Crippen molar-refractivity contribution in [2.24, 2.45) is 0 Å². The van der Waals surface area contributed by atoms with Gasteiger partial charge in [-0.05, 0) is 18.9 Å². The van der Waals surface area contributed by atoms with Gasteiger partial charge in [-0.15, -0.1) is 17.0 Å². The highest BCUT2D eigenvalue weighted by molar-refractivity contribution is 8.93. The van der Waals surface area contributed by atoms with E-state index in [1.165, 1.54) is 13.2 Å². The molecular formula is C12H14BrFO3. The van der Waals surface area contributed by atoms with Crippen molar-refractivity contribution in [2.75, 3.05) is 7.11 Å². The van der Waals surface area contributed by atoms with E-state index in [9.17, 15) is 9.18 Å². The lowest BCUT2D eigenvalue weighted by atomic mass is 9.91. The number of aliphatic carboxylic acids is 1. The third kappa shape index (κ3) is 2.60. The van der Waals surface area contributed by atoms with Crippen LogP contribution in [0.3, 0.4) is 0 Å². The Morgan fingerprint density at radius 3 is 2.65 bits per heavy atom. The minimum atomic E-state index is -0.858. The molecule has 0 heterocycles. The molecule has 1 aromatic rings. The monoisotopic (exact) mass is 304 g/mol. The van der Waals surface area contributed by atoms with Gasteiger partial charge in [0.2, 0.25) is 0 Å². The van der Waals surface area contributed by atoms with E-state index in [0.29, 0.717) is 5.56 Å². The number of rotatable bonds is 4. The molecule has 0 spiro atoms. The van der Waals surface area contributed by atoms with Gasteiger partial charge in [0.05, 0.1) is 13.5 Å². The molecule has 94 valence electrons. The van der Waals surface area contributed by atoms with Gasteiger partial charge in [-0.25, -0.2) is 4.39 Å². The highest BCUT2D eigenvalue weighted by atomic mass is 79.9. The summed E-state index contributed by atoms with van der Waals surface area (Å²) in [7, 11) is 1.40. The number of methoxy groups -OCH3 is 1. The molecule has 5 heteroatoms. The minimum absolute atomic E-state index is 0. The molecule has 3 nitrogen and oxygen atoms in total. The van der Waals surface area contributed by atoms with Gasteiger partial charge in [0.15, 0.2) is 11.6 Å². The Hall–Kier alpha value is -1.10. The number of carboxylic acid groups (broad SMARTS) is 1. The number of para-hydroxylation sites is 1. The van der Waals surface area contributed by atoms with Gasteiger partial charge in [0.25, 0.3) is 0 Å². The van der Waals surface area contributed by atoms with Crippen molar-refractivity contribution in [3.63, 3.8) is 0 Å². The van der Waals surface area contributed by atoms with Crippen LogP contribution in [0.5, 0.6) is 5.75 Å². The van der Waals surface area contributed by atoms with Crippen LogP contribution in [0.2, 0.25) is 0 Å². The third-order valence-electron chi connectivity index (χ3n) is 3.09. The Labute approximate surface area is 109 Å². The lowest BCUT2D eigenvalue weighted by Gasteiger charge is -2.17. The zero-order chi connectivity index (χ0) is 11.8. The van der Waals surface area contributed by atoms with Crippen molar-refractivity contribution in [2.45, 2.75) is 24.7 Å². The summed E-state index contributed by atoms with van der Waals surface area (Å²) in [5, 5.41) is 8.85. The average Bonchev–Trinajstić information content (AvgIpc) is 2.97. The van der Waals surface area contributed by atoms with Crippen LogP contribution < -0.4 is 4.74 Å². The van der Waals surface area contributed by atoms with Gasteiger partial charge in [0, 0.05) is 11.0 Å². The van der Waals surface area contributed by atoms with E-state index in [0.717, 1.165) is 12.8 Å². The summed E-state index contributed by atoms with van der Waals surface area (Å²) >= 11 is 0. The minimum Gasteiger partial charge on any atom is -0.493 e. The highest BCUT2D eigenvalue weighted by Crippen LogP contribution is 2.54. The van der Waals surface area contributed by atoms with Crippen LogP contribution in [0.4, 0.5) is 4.39 Å². The molecular weight excluding hydrogens is 291 g/mol. The maximum atomic E-state index is 13.5. The van der Waals surface area contributed by atoms with Crippen LogP contribution in [-0.4, -0.2) is 18.2 Å². The second kappa shape index (κ2) is 5.04. The van der Waals surface area contributed by atoms with Crippen LogP contribution in [0.15, 0.2) is 18.2 Å². The first-order valence-electron chi connectivity index (χ1n) is 5.14. The molecule has 0 unspecified atom stereocenters. The number of carboxylic acids is 1. The molecule has 2 rings (SSSR count). The van der Waals surface area contributed by atoms with Crippen LogP contribution >= 0.6 is 17.0 Å². The molecule has 0 saturated heterocycles. The predicted octanol–water partition coefficient (Wildman–Crippen LogP) is 2.92. The summed E-state index contributed by atoms with van der Waals surface area (Å²) in [6.07, 6.45) is 1.59. The van der Waals surface area contributed by atoms with Crippen molar-refractivity contribution in [1.29, 1.82) is 0 Å². The third-order valence-corrected chi connectivity index (χ3v) is 3.09. The Morgan fingerprint density at radius 1 is 1.53 bits per heavy atom. The standard InChI is InChI=1S/C12H13FO3.BrH/c1-16-11-8(3-2-4-9(11)13)12(5-6-12)7-10(14)15;/h2-4H,5-7H2,1H3,(H,14,15);1H. The summed E-state index contributed by atoms with van der Waals surface area (Å²) in [5.41, 5.74) is 0.261. The molecule has 1 aliphatic carbocycles. The van der Waals surface area contributed by atoms with Crippen LogP contribution in [-0.2, 0) is 10.2 Å². The molecule has 0 atom stereocenters. The van der Waals surface area contributed by atoms with Gasteiger partial charge in [-0.1, -0.05) is 12.1 Å². The molecule has 0 amide bonds. The van der Waals surface area contributed by atoms with Gasteiger partial charge in [-0.2, -0.15) is 0 Å². The first-order valence-corrected chi connectivity index (χ1v) is 5.14. The normalized spacial score (nSPS) is 15.9. The Balaban J connectivity index is 0.00000144. The number of halogens is 2. The molecule has 1 saturated carbocycles. The summed E-state index contributed by atoms with van der Waals surface area (Å²) in [6.45, 7) is 0. The van der Waals surface area contributed by atoms with Crippen LogP contribution in [0, 0.1) is 5.82 Å². The van der Waals surface area contributed by atoms with E-state index in [-0.39, 0.29) is 29.2 Å². The maximum Gasteiger partial charge on any atom is 0.304 e. The molecule has 0 aromatic heterocycles. The van der Waals surface area contributed by atoms with Crippen LogP contribution in [0.1, 0.15) is 24.8 Å².